The summed E-state index contributed by atoms with van der Waals surface area (Å²) in [6.45, 7) is 0. The molecule has 0 radical (unpaired) electrons. The molecule has 0 spiro atoms. The van der Waals surface area contributed by atoms with E-state index in [1.54, 1.807) is 0 Å². The van der Waals surface area contributed by atoms with Crippen molar-refractivity contribution in [1.82, 2.24) is 0 Å². The van der Waals surface area contributed by atoms with Crippen molar-refractivity contribution in [2.75, 3.05) is 0 Å². The molecule has 0 aromatic heterocycles. The summed E-state index contributed by atoms with van der Waals surface area (Å²) in [7, 11) is 0. The van der Waals surface area contributed by atoms with Gasteiger partial charge in [-0.2, -0.15) is 0 Å². The fraction of sp³-hybridized carbons (Fsp3) is 0. The molecular formula is C10H7Br. The molecule has 0 bridgehead atoms. The van der Waals surface area contributed by atoms with Crippen molar-refractivity contribution >= 4 is 15.9 Å². The van der Waals surface area contributed by atoms with Gasteiger partial charge in [0.05, 0.1) is 0 Å². The summed E-state index contributed by atoms with van der Waals surface area (Å²) < 4.78 is 1.12. The molecule has 0 fully saturated rings. The third-order valence-electron chi connectivity index (χ3n) is 1.73. The van der Waals surface area contributed by atoms with Crippen molar-refractivity contribution in [2.45, 2.75) is 0 Å². The maximum absolute atomic E-state index is 3.42. The van der Waals surface area contributed by atoms with Gasteiger partial charge in [-0.15, -0.1) is 0 Å². The Morgan fingerprint density at radius 1 is 0.727 bits per heavy atom. The molecule has 0 N–H and O–H groups in total. The summed E-state index contributed by atoms with van der Waals surface area (Å²) in [5, 5.41) is 0. The van der Waals surface area contributed by atoms with Gasteiger partial charge < -0.3 is 0 Å². The van der Waals surface area contributed by atoms with Crippen LogP contribution in [0, 0.1) is 0 Å². The zero-order valence-electron chi connectivity index (χ0n) is 5.92. The fourth-order valence-electron chi connectivity index (χ4n) is 1.15. The smallest absolute Gasteiger partial charge is 0.0175 e. The van der Waals surface area contributed by atoms with Crippen LogP contribution in [0.2, 0.25) is 0 Å². The zero-order valence-corrected chi connectivity index (χ0v) is 7.51. The predicted octanol–water partition coefficient (Wildman–Crippen LogP) is 3.55. The molecule has 0 saturated carbocycles. The van der Waals surface area contributed by atoms with Crippen molar-refractivity contribution in [3.05, 3.63) is 46.9 Å². The van der Waals surface area contributed by atoms with Gasteiger partial charge in [0.15, 0.2) is 0 Å². The molecule has 0 unspecified atom stereocenters. The minimum atomic E-state index is 1.12. The number of fused-ring (bicyclic) bond motifs is 1. The molecule has 2 rings (SSSR count). The van der Waals surface area contributed by atoms with E-state index in [0.717, 1.165) is 4.47 Å². The van der Waals surface area contributed by atoms with Gasteiger partial charge >= 0.3 is 0 Å². The standard InChI is InChI=1S/C10H7Br/c11-10-6-4-8-2-1-3-9(8)5-7-10/h1-7H. The highest BCUT2D eigenvalue weighted by Gasteiger charge is 1.96. The van der Waals surface area contributed by atoms with E-state index in [1.807, 2.05) is 0 Å². The number of hydrogen-bond donors (Lipinski definition) is 0. The second-order valence-electron chi connectivity index (χ2n) is 2.49. The molecule has 11 heavy (non-hydrogen) atoms. The monoisotopic (exact) mass is 206 g/mol. The van der Waals surface area contributed by atoms with Crippen molar-refractivity contribution in [3.63, 3.8) is 0 Å². The van der Waals surface area contributed by atoms with Gasteiger partial charge in [0.1, 0.15) is 0 Å². The fourth-order valence-corrected chi connectivity index (χ4v) is 1.41. The SMILES string of the molecule is Brc1ccc2cccc-2cc1. The minimum Gasteiger partial charge on any atom is -0.0610 e. The van der Waals surface area contributed by atoms with E-state index >= 15 is 0 Å². The molecule has 1 heteroatoms. The van der Waals surface area contributed by atoms with Crippen LogP contribution in [0.4, 0.5) is 0 Å². The summed E-state index contributed by atoms with van der Waals surface area (Å²) in [5.74, 6) is 0. The highest BCUT2D eigenvalue weighted by Crippen LogP contribution is 2.22. The predicted molar refractivity (Wildman–Crippen MR) is 50.8 cm³/mol. The molecule has 54 valence electrons. The third kappa shape index (κ3) is 1.29. The molecule has 0 nitrogen and oxygen atoms in total. The zero-order chi connectivity index (χ0) is 7.68. The van der Waals surface area contributed by atoms with Crippen LogP contribution in [-0.2, 0) is 0 Å². The van der Waals surface area contributed by atoms with E-state index in [-0.39, 0.29) is 0 Å². The first-order chi connectivity index (χ1) is 5.36. The van der Waals surface area contributed by atoms with Crippen LogP contribution in [0.3, 0.4) is 0 Å². The average Bonchev–Trinajstić information content (AvgIpc) is 2.38. The first-order valence-electron chi connectivity index (χ1n) is 3.50. The summed E-state index contributed by atoms with van der Waals surface area (Å²) in [6.07, 6.45) is 0. The van der Waals surface area contributed by atoms with Crippen molar-refractivity contribution in [2.24, 2.45) is 0 Å². The number of halogens is 1. The molecule has 0 aromatic rings. The Hall–Kier alpha value is -0.820. The van der Waals surface area contributed by atoms with Crippen LogP contribution < -0.4 is 0 Å². The maximum atomic E-state index is 3.42. The van der Waals surface area contributed by atoms with Gasteiger partial charge in [-0.1, -0.05) is 46.3 Å². The lowest BCUT2D eigenvalue weighted by atomic mass is 10.2. The lowest BCUT2D eigenvalue weighted by Crippen LogP contribution is -1.59. The second-order valence-corrected chi connectivity index (χ2v) is 3.40. The number of hydrogen-bond acceptors (Lipinski definition) is 0. The third-order valence-corrected chi connectivity index (χ3v) is 2.26. The lowest BCUT2D eigenvalue weighted by Gasteiger charge is -1.85. The van der Waals surface area contributed by atoms with E-state index in [1.165, 1.54) is 11.1 Å². The van der Waals surface area contributed by atoms with Gasteiger partial charge in [-0.05, 0) is 23.3 Å². The highest BCUT2D eigenvalue weighted by molar-refractivity contribution is 9.10. The van der Waals surface area contributed by atoms with Crippen LogP contribution in [0.1, 0.15) is 0 Å². The first-order valence-corrected chi connectivity index (χ1v) is 4.30. The molecular weight excluding hydrogens is 200 g/mol. The Bertz CT molecular complexity index is 310. The van der Waals surface area contributed by atoms with Crippen LogP contribution in [0.15, 0.2) is 46.9 Å². The van der Waals surface area contributed by atoms with Crippen LogP contribution in [0.25, 0.3) is 11.1 Å². The molecule has 0 aliphatic heterocycles. The molecule has 0 aromatic carbocycles. The molecule has 0 amide bonds. The minimum absolute atomic E-state index is 1.12. The van der Waals surface area contributed by atoms with Gasteiger partial charge in [-0.3, -0.25) is 0 Å². The Morgan fingerprint density at radius 3 is 1.82 bits per heavy atom. The molecule has 2 aliphatic carbocycles. The van der Waals surface area contributed by atoms with E-state index < -0.39 is 0 Å². The Labute approximate surface area is 74.3 Å². The second kappa shape index (κ2) is 2.67. The quantitative estimate of drug-likeness (QED) is 0.619. The van der Waals surface area contributed by atoms with Crippen LogP contribution >= 0.6 is 15.9 Å². The molecule has 0 heterocycles. The van der Waals surface area contributed by atoms with E-state index in [0.29, 0.717) is 0 Å². The maximum Gasteiger partial charge on any atom is 0.0175 e. The topological polar surface area (TPSA) is 0 Å². The van der Waals surface area contributed by atoms with Gasteiger partial charge in [-0.25, -0.2) is 0 Å². The van der Waals surface area contributed by atoms with Crippen molar-refractivity contribution < 1.29 is 0 Å². The summed E-state index contributed by atoms with van der Waals surface area (Å²) in [4.78, 5) is 0. The van der Waals surface area contributed by atoms with Crippen molar-refractivity contribution in [3.8, 4) is 11.1 Å². The van der Waals surface area contributed by atoms with Crippen LogP contribution in [0.5, 0.6) is 0 Å². The van der Waals surface area contributed by atoms with E-state index in [4.69, 9.17) is 0 Å². The number of rotatable bonds is 0. The Morgan fingerprint density at radius 2 is 1.27 bits per heavy atom. The molecule has 0 atom stereocenters. The highest BCUT2D eigenvalue weighted by atomic mass is 79.9. The summed E-state index contributed by atoms with van der Waals surface area (Å²) >= 11 is 3.42. The molecule has 0 saturated heterocycles. The van der Waals surface area contributed by atoms with E-state index in [2.05, 4.69) is 58.4 Å². The summed E-state index contributed by atoms with van der Waals surface area (Å²) in [6, 6.07) is 14.6. The van der Waals surface area contributed by atoms with E-state index in [9.17, 15) is 0 Å². The summed E-state index contributed by atoms with van der Waals surface area (Å²) in [5.41, 5.74) is 2.58. The van der Waals surface area contributed by atoms with Gasteiger partial charge in [0.2, 0.25) is 0 Å². The normalized spacial score (nSPS) is 10.3. The first kappa shape index (κ1) is 6.86. The van der Waals surface area contributed by atoms with Gasteiger partial charge in [0.25, 0.3) is 0 Å². The molecule has 2 aliphatic rings. The lowest BCUT2D eigenvalue weighted by molar-refractivity contribution is 1.77. The largest absolute Gasteiger partial charge is 0.0610 e. The Kier molecular flexibility index (Phi) is 1.66. The van der Waals surface area contributed by atoms with Gasteiger partial charge in [0, 0.05) is 4.47 Å². The Balaban J connectivity index is 2.71. The van der Waals surface area contributed by atoms with Crippen LogP contribution in [-0.4, -0.2) is 0 Å². The average molecular weight is 207 g/mol. The van der Waals surface area contributed by atoms with Crippen molar-refractivity contribution in [1.29, 1.82) is 0 Å².